The molecule has 0 saturated carbocycles. The molecule has 1 aliphatic rings. The molecule has 0 radical (unpaired) electrons. The molecule has 0 saturated heterocycles. The molecule has 5 rings (SSSR count). The predicted molar refractivity (Wildman–Crippen MR) is 131 cm³/mol. The first-order valence-electron chi connectivity index (χ1n) is 11.0. The topological polar surface area (TPSA) is 81.9 Å². The van der Waals surface area contributed by atoms with E-state index in [-0.39, 0.29) is 12.5 Å². The van der Waals surface area contributed by atoms with Crippen LogP contribution in [0.5, 0.6) is 5.75 Å². The van der Waals surface area contributed by atoms with Crippen molar-refractivity contribution in [1.82, 2.24) is 5.16 Å². The number of carbonyl (C=O) groups is 2. The second kappa shape index (κ2) is 9.68. The highest BCUT2D eigenvalue weighted by atomic mass is 32.2. The van der Waals surface area contributed by atoms with Crippen LogP contribution in [0.4, 0.5) is 11.4 Å². The minimum Gasteiger partial charge on any atom is -0.489 e. The van der Waals surface area contributed by atoms with Crippen LogP contribution in [0.1, 0.15) is 27.4 Å². The molecule has 1 aromatic heterocycles. The van der Waals surface area contributed by atoms with Gasteiger partial charge in [-0.05, 0) is 62.4 Å². The zero-order valence-electron chi connectivity index (χ0n) is 19.2. The first-order valence-corrected chi connectivity index (χ1v) is 11.8. The molecule has 2 heterocycles. The van der Waals surface area contributed by atoms with Gasteiger partial charge in [-0.25, -0.2) is 4.79 Å². The summed E-state index contributed by atoms with van der Waals surface area (Å²) in [4.78, 5) is 29.3. The van der Waals surface area contributed by atoms with Gasteiger partial charge < -0.3 is 14.0 Å². The largest absolute Gasteiger partial charge is 0.489 e. The SMILES string of the molecule is Cc1noc(C)c1COc1ccc(C(=O)OCC(=O)N2c3ccccc3Sc3ccccc32)cc1. The van der Waals surface area contributed by atoms with E-state index < -0.39 is 5.97 Å². The van der Waals surface area contributed by atoms with Gasteiger partial charge >= 0.3 is 5.97 Å². The molecule has 1 aliphatic heterocycles. The Balaban J connectivity index is 1.23. The van der Waals surface area contributed by atoms with Gasteiger partial charge in [0.1, 0.15) is 18.1 Å². The van der Waals surface area contributed by atoms with Crippen LogP contribution < -0.4 is 9.64 Å². The summed E-state index contributed by atoms with van der Waals surface area (Å²) in [5.41, 5.74) is 3.56. The number of amides is 1. The molecule has 0 bridgehead atoms. The fraction of sp³-hybridized carbons (Fsp3) is 0.148. The molecule has 8 heteroatoms. The average Bonchev–Trinajstić information content (AvgIpc) is 3.21. The third-order valence-electron chi connectivity index (χ3n) is 5.66. The molecule has 0 atom stereocenters. The Morgan fingerprint density at radius 1 is 0.914 bits per heavy atom. The Morgan fingerprint density at radius 3 is 2.14 bits per heavy atom. The number of rotatable bonds is 6. The molecule has 4 aromatic rings. The zero-order valence-corrected chi connectivity index (χ0v) is 20.0. The van der Waals surface area contributed by atoms with Crippen LogP contribution in [-0.2, 0) is 16.1 Å². The number of carbonyl (C=O) groups excluding carboxylic acids is 2. The van der Waals surface area contributed by atoms with Crippen molar-refractivity contribution in [1.29, 1.82) is 0 Å². The van der Waals surface area contributed by atoms with Gasteiger partial charge in [0.25, 0.3) is 5.91 Å². The molecule has 1 amide bonds. The van der Waals surface area contributed by atoms with Gasteiger partial charge in [0.2, 0.25) is 0 Å². The Morgan fingerprint density at radius 2 is 1.54 bits per heavy atom. The summed E-state index contributed by atoms with van der Waals surface area (Å²) in [7, 11) is 0. The normalized spacial score (nSPS) is 12.0. The summed E-state index contributed by atoms with van der Waals surface area (Å²) in [6, 6.07) is 21.9. The van der Waals surface area contributed by atoms with Crippen molar-refractivity contribution >= 4 is 35.0 Å². The Bertz CT molecular complexity index is 1330. The predicted octanol–water partition coefficient (Wildman–Crippen LogP) is 5.86. The number of benzene rings is 3. The van der Waals surface area contributed by atoms with Crippen LogP contribution in [0, 0.1) is 13.8 Å². The Labute approximate surface area is 206 Å². The summed E-state index contributed by atoms with van der Waals surface area (Å²) >= 11 is 1.61. The summed E-state index contributed by atoms with van der Waals surface area (Å²) in [5.74, 6) is 0.406. The van der Waals surface area contributed by atoms with E-state index in [2.05, 4.69) is 5.16 Å². The highest BCUT2D eigenvalue weighted by Crippen LogP contribution is 2.47. The first-order chi connectivity index (χ1) is 17.0. The van der Waals surface area contributed by atoms with Gasteiger partial charge in [-0.2, -0.15) is 0 Å². The van der Waals surface area contributed by atoms with Gasteiger partial charge in [-0.15, -0.1) is 0 Å². The second-order valence-corrected chi connectivity index (χ2v) is 9.04. The van der Waals surface area contributed by atoms with E-state index in [1.165, 1.54) is 0 Å². The number of nitrogens with zero attached hydrogens (tertiary/aromatic N) is 2. The van der Waals surface area contributed by atoms with Crippen molar-refractivity contribution in [2.75, 3.05) is 11.5 Å². The van der Waals surface area contributed by atoms with Crippen molar-refractivity contribution in [3.63, 3.8) is 0 Å². The van der Waals surface area contributed by atoms with Gasteiger partial charge in [-0.3, -0.25) is 9.69 Å². The fourth-order valence-corrected chi connectivity index (χ4v) is 4.86. The Hall–Kier alpha value is -4.04. The number of anilines is 2. The summed E-state index contributed by atoms with van der Waals surface area (Å²) in [6.45, 7) is 3.63. The van der Waals surface area contributed by atoms with E-state index >= 15 is 0 Å². The molecule has 0 spiro atoms. The van der Waals surface area contributed by atoms with Crippen molar-refractivity contribution in [2.45, 2.75) is 30.2 Å². The molecule has 0 fully saturated rings. The number of hydrogen-bond donors (Lipinski definition) is 0. The number of ether oxygens (including phenoxy) is 2. The second-order valence-electron chi connectivity index (χ2n) is 7.96. The van der Waals surface area contributed by atoms with Crippen molar-refractivity contribution in [3.8, 4) is 5.75 Å². The molecule has 3 aromatic carbocycles. The number of esters is 1. The van der Waals surface area contributed by atoms with Gasteiger partial charge in [0, 0.05) is 9.79 Å². The molecule has 7 nitrogen and oxygen atoms in total. The first kappa shape index (κ1) is 22.7. The van der Waals surface area contributed by atoms with E-state index in [1.54, 1.807) is 40.9 Å². The maximum atomic E-state index is 13.2. The van der Waals surface area contributed by atoms with Crippen molar-refractivity contribution < 1.29 is 23.6 Å². The fourth-order valence-electron chi connectivity index (χ4n) is 3.80. The van der Waals surface area contributed by atoms with Gasteiger partial charge in [0.15, 0.2) is 6.61 Å². The lowest BCUT2D eigenvalue weighted by Crippen LogP contribution is -2.32. The minimum absolute atomic E-state index is 0.316. The number of fused-ring (bicyclic) bond motifs is 2. The van der Waals surface area contributed by atoms with E-state index in [1.807, 2.05) is 62.4 Å². The molecule has 176 valence electrons. The van der Waals surface area contributed by atoms with Crippen LogP contribution >= 0.6 is 11.8 Å². The number of hydrogen-bond acceptors (Lipinski definition) is 7. The Kier molecular flexibility index (Phi) is 6.29. The number of para-hydroxylation sites is 2. The van der Waals surface area contributed by atoms with E-state index in [4.69, 9.17) is 14.0 Å². The number of aryl methyl sites for hydroxylation is 2. The zero-order chi connectivity index (χ0) is 24.4. The lowest BCUT2D eigenvalue weighted by molar-refractivity contribution is -0.121. The van der Waals surface area contributed by atoms with Gasteiger partial charge in [-0.1, -0.05) is 41.2 Å². The summed E-state index contributed by atoms with van der Waals surface area (Å²) < 4.78 is 16.3. The maximum Gasteiger partial charge on any atom is 0.338 e. The van der Waals surface area contributed by atoms with E-state index in [0.29, 0.717) is 23.7 Å². The lowest BCUT2D eigenvalue weighted by atomic mass is 10.2. The maximum absolute atomic E-state index is 13.2. The van der Waals surface area contributed by atoms with E-state index in [9.17, 15) is 9.59 Å². The monoisotopic (exact) mass is 486 g/mol. The quantitative estimate of drug-likeness (QED) is 0.316. The van der Waals surface area contributed by atoms with Crippen LogP contribution in [0.3, 0.4) is 0 Å². The van der Waals surface area contributed by atoms with Gasteiger partial charge in [0.05, 0.1) is 28.2 Å². The average molecular weight is 487 g/mol. The molecule has 0 unspecified atom stereocenters. The smallest absolute Gasteiger partial charge is 0.338 e. The lowest BCUT2D eigenvalue weighted by Gasteiger charge is -2.30. The third-order valence-corrected chi connectivity index (χ3v) is 6.79. The van der Waals surface area contributed by atoms with Crippen molar-refractivity contribution in [3.05, 3.63) is 95.4 Å². The van der Waals surface area contributed by atoms with Crippen LogP contribution in [0.15, 0.2) is 87.1 Å². The highest BCUT2D eigenvalue weighted by Gasteiger charge is 2.28. The molecule has 35 heavy (non-hydrogen) atoms. The molecular weight excluding hydrogens is 464 g/mol. The minimum atomic E-state index is -0.580. The van der Waals surface area contributed by atoms with E-state index in [0.717, 1.165) is 32.4 Å². The van der Waals surface area contributed by atoms with Crippen LogP contribution in [0.2, 0.25) is 0 Å². The molecule has 0 aliphatic carbocycles. The number of aromatic nitrogens is 1. The standard InChI is InChI=1S/C27H22N2O5S/c1-17-21(18(2)34-28-17)15-32-20-13-11-19(12-14-20)27(31)33-16-26(30)29-22-7-3-5-9-24(22)35-25-10-6-4-8-23(25)29/h3-14H,15-16H2,1-2H3. The van der Waals surface area contributed by atoms with Crippen molar-refractivity contribution in [2.24, 2.45) is 0 Å². The van der Waals surface area contributed by atoms with Crippen LogP contribution in [0.25, 0.3) is 0 Å². The molecule has 0 N–H and O–H groups in total. The third kappa shape index (κ3) is 4.65. The summed E-state index contributed by atoms with van der Waals surface area (Å²) in [5, 5.41) is 3.91. The summed E-state index contributed by atoms with van der Waals surface area (Å²) in [6.07, 6.45) is 0. The highest BCUT2D eigenvalue weighted by molar-refractivity contribution is 7.99. The molecular formula is C27H22N2O5S. The van der Waals surface area contributed by atoms with Crippen LogP contribution in [-0.4, -0.2) is 23.6 Å².